The molecule has 0 radical (unpaired) electrons. The van der Waals surface area contributed by atoms with Gasteiger partial charge in [0, 0.05) is 10.0 Å². The van der Waals surface area contributed by atoms with Crippen molar-refractivity contribution in [1.29, 1.82) is 0 Å². The van der Waals surface area contributed by atoms with Gasteiger partial charge in [0.15, 0.2) is 0 Å². The second kappa shape index (κ2) is 6.89. The van der Waals surface area contributed by atoms with Crippen LogP contribution in [-0.2, 0) is 10.0 Å². The Morgan fingerprint density at radius 2 is 1.76 bits per heavy atom. The fourth-order valence-corrected chi connectivity index (χ4v) is 4.75. The van der Waals surface area contributed by atoms with E-state index in [2.05, 4.69) is 20.7 Å². The van der Waals surface area contributed by atoms with E-state index in [4.69, 9.17) is 5.11 Å². The number of halogens is 1. The summed E-state index contributed by atoms with van der Waals surface area (Å²) in [5.74, 6) is -1.16. The number of carboxylic acid groups (broad SMARTS) is 1. The summed E-state index contributed by atoms with van der Waals surface area (Å²) in [5.41, 5.74) is -0.578. The Balaban J connectivity index is 3.31. The van der Waals surface area contributed by atoms with Crippen molar-refractivity contribution < 1.29 is 18.3 Å². The number of rotatable bonds is 7. The van der Waals surface area contributed by atoms with Crippen molar-refractivity contribution in [2.24, 2.45) is 0 Å². The van der Waals surface area contributed by atoms with Crippen molar-refractivity contribution in [3.05, 3.63) is 28.2 Å². The highest BCUT2D eigenvalue weighted by atomic mass is 79.9. The summed E-state index contributed by atoms with van der Waals surface area (Å²) < 4.78 is 28.2. The van der Waals surface area contributed by atoms with E-state index < -0.39 is 21.5 Å². The molecule has 1 aromatic carbocycles. The molecule has 0 bridgehead atoms. The minimum atomic E-state index is -3.80. The zero-order chi connectivity index (χ0) is 16.3. The quantitative estimate of drug-likeness (QED) is 0.762. The summed E-state index contributed by atoms with van der Waals surface area (Å²) >= 11 is 3.18. The zero-order valence-corrected chi connectivity index (χ0v) is 14.7. The molecule has 0 atom stereocenters. The van der Waals surface area contributed by atoms with Gasteiger partial charge in [0.1, 0.15) is 0 Å². The van der Waals surface area contributed by atoms with Crippen LogP contribution in [0.25, 0.3) is 0 Å². The van der Waals surface area contributed by atoms with Gasteiger partial charge in [-0.3, -0.25) is 0 Å². The van der Waals surface area contributed by atoms with Crippen LogP contribution in [0, 0.1) is 0 Å². The normalized spacial score (nSPS) is 12.4. The second-order valence-corrected chi connectivity index (χ2v) is 7.40. The fraction of sp³-hybridized carbons (Fsp3) is 0.500. The summed E-state index contributed by atoms with van der Waals surface area (Å²) in [7, 11) is -3.80. The molecule has 0 unspecified atom stereocenters. The molecule has 1 aromatic rings. The molecule has 2 N–H and O–H groups in total. The molecule has 1 rings (SSSR count). The first-order valence-corrected chi connectivity index (χ1v) is 9.05. The van der Waals surface area contributed by atoms with E-state index in [0.717, 1.165) is 0 Å². The molecule has 0 spiro atoms. The van der Waals surface area contributed by atoms with Gasteiger partial charge in [0.2, 0.25) is 10.0 Å². The van der Waals surface area contributed by atoms with E-state index in [1.165, 1.54) is 18.2 Å². The highest BCUT2D eigenvalue weighted by molar-refractivity contribution is 9.10. The lowest BCUT2D eigenvalue weighted by atomic mass is 9.91. The molecular formula is C14H20BrNO4S. The molecular weight excluding hydrogens is 358 g/mol. The van der Waals surface area contributed by atoms with E-state index in [9.17, 15) is 13.2 Å². The molecule has 0 fully saturated rings. The Bertz CT molecular complexity index is 616. The maximum absolute atomic E-state index is 12.6. The van der Waals surface area contributed by atoms with Gasteiger partial charge in [-0.05, 0) is 53.4 Å². The Morgan fingerprint density at radius 1 is 1.24 bits per heavy atom. The summed E-state index contributed by atoms with van der Waals surface area (Å²) in [5, 5.41) is 9.01. The molecule has 0 aliphatic rings. The molecule has 0 amide bonds. The van der Waals surface area contributed by atoms with Crippen molar-refractivity contribution in [3.8, 4) is 0 Å². The standard InChI is InChI=1S/C14H20BrNO4S/c1-4-14(5-2,6-3)16-21(19,20)12-9-10(13(17)18)7-8-11(12)15/h7-9,16H,4-6H2,1-3H3,(H,17,18). The first kappa shape index (κ1) is 18.1. The number of benzene rings is 1. The zero-order valence-electron chi connectivity index (χ0n) is 12.3. The molecule has 0 aliphatic carbocycles. The van der Waals surface area contributed by atoms with E-state index >= 15 is 0 Å². The number of sulfonamides is 1. The number of nitrogens with one attached hydrogen (secondary N) is 1. The fourth-order valence-electron chi connectivity index (χ4n) is 2.15. The molecule has 7 heteroatoms. The average Bonchev–Trinajstić information content (AvgIpc) is 2.45. The van der Waals surface area contributed by atoms with Crippen molar-refractivity contribution in [2.45, 2.75) is 50.5 Å². The third kappa shape index (κ3) is 4.05. The minimum absolute atomic E-state index is 0.0536. The highest BCUT2D eigenvalue weighted by Crippen LogP contribution is 2.27. The maximum Gasteiger partial charge on any atom is 0.335 e. The topological polar surface area (TPSA) is 83.5 Å². The van der Waals surface area contributed by atoms with E-state index in [1.54, 1.807) is 0 Å². The first-order chi connectivity index (χ1) is 9.71. The van der Waals surface area contributed by atoms with Crippen LogP contribution in [0.3, 0.4) is 0 Å². The van der Waals surface area contributed by atoms with Gasteiger partial charge in [-0.2, -0.15) is 0 Å². The Labute approximate surface area is 133 Å². The minimum Gasteiger partial charge on any atom is -0.478 e. The molecule has 0 saturated carbocycles. The van der Waals surface area contributed by atoms with Gasteiger partial charge >= 0.3 is 5.97 Å². The lowest BCUT2D eigenvalue weighted by molar-refractivity contribution is 0.0696. The third-order valence-corrected chi connectivity index (χ3v) is 6.42. The lowest BCUT2D eigenvalue weighted by Gasteiger charge is -2.31. The van der Waals surface area contributed by atoms with Crippen LogP contribution >= 0.6 is 15.9 Å². The molecule has 0 saturated heterocycles. The average molecular weight is 378 g/mol. The molecule has 0 aliphatic heterocycles. The van der Waals surface area contributed by atoms with Crippen molar-refractivity contribution in [2.75, 3.05) is 0 Å². The molecule has 21 heavy (non-hydrogen) atoms. The number of hydrogen-bond acceptors (Lipinski definition) is 3. The van der Waals surface area contributed by atoms with Crippen LogP contribution in [0.15, 0.2) is 27.6 Å². The van der Waals surface area contributed by atoms with Gasteiger partial charge < -0.3 is 5.11 Å². The monoisotopic (exact) mass is 377 g/mol. The van der Waals surface area contributed by atoms with Crippen molar-refractivity contribution in [3.63, 3.8) is 0 Å². The van der Waals surface area contributed by atoms with E-state index in [0.29, 0.717) is 23.7 Å². The molecule has 118 valence electrons. The van der Waals surface area contributed by atoms with Crippen molar-refractivity contribution in [1.82, 2.24) is 4.72 Å². The van der Waals surface area contributed by atoms with Crippen molar-refractivity contribution >= 4 is 31.9 Å². The number of carboxylic acids is 1. The highest BCUT2D eigenvalue weighted by Gasteiger charge is 2.31. The number of aromatic carboxylic acids is 1. The first-order valence-electron chi connectivity index (χ1n) is 6.78. The SMILES string of the molecule is CCC(CC)(CC)NS(=O)(=O)c1cc(C(=O)O)ccc1Br. The number of carbonyl (C=O) groups is 1. The molecule has 0 heterocycles. The molecule has 0 aromatic heterocycles. The van der Waals surface area contributed by atoms with Crippen LogP contribution in [0.5, 0.6) is 0 Å². The predicted octanol–water partition coefficient (Wildman–Crippen LogP) is 3.39. The predicted molar refractivity (Wildman–Crippen MR) is 85.0 cm³/mol. The summed E-state index contributed by atoms with van der Waals surface area (Å²) in [6.45, 7) is 5.79. The summed E-state index contributed by atoms with van der Waals surface area (Å²) in [4.78, 5) is 11.0. The van der Waals surface area contributed by atoms with Gasteiger partial charge in [0.05, 0.1) is 10.5 Å². The van der Waals surface area contributed by atoms with Crippen LogP contribution in [0.4, 0.5) is 0 Å². The Hall–Kier alpha value is -0.920. The summed E-state index contributed by atoms with van der Waals surface area (Å²) in [6.07, 6.45) is 1.99. The van der Waals surface area contributed by atoms with E-state index in [-0.39, 0.29) is 10.5 Å². The lowest BCUT2D eigenvalue weighted by Crippen LogP contribution is -2.47. The maximum atomic E-state index is 12.6. The van der Waals surface area contributed by atoms with Crippen LogP contribution in [0.1, 0.15) is 50.4 Å². The van der Waals surface area contributed by atoms with Gasteiger partial charge in [-0.1, -0.05) is 20.8 Å². The largest absolute Gasteiger partial charge is 0.478 e. The van der Waals surface area contributed by atoms with E-state index in [1.807, 2.05) is 20.8 Å². The van der Waals surface area contributed by atoms with Gasteiger partial charge in [-0.15, -0.1) is 0 Å². The summed E-state index contributed by atoms with van der Waals surface area (Å²) in [6, 6.07) is 3.96. The third-order valence-electron chi connectivity index (χ3n) is 3.85. The second-order valence-electron chi connectivity index (χ2n) is 4.90. The van der Waals surface area contributed by atoms with Crippen LogP contribution < -0.4 is 4.72 Å². The van der Waals surface area contributed by atoms with Gasteiger partial charge in [-0.25, -0.2) is 17.9 Å². The Morgan fingerprint density at radius 3 is 2.19 bits per heavy atom. The number of hydrogen-bond donors (Lipinski definition) is 2. The molecule has 5 nitrogen and oxygen atoms in total. The smallest absolute Gasteiger partial charge is 0.335 e. The van der Waals surface area contributed by atoms with Gasteiger partial charge in [0.25, 0.3) is 0 Å². The van der Waals surface area contributed by atoms with Crippen LogP contribution in [0.2, 0.25) is 0 Å². The van der Waals surface area contributed by atoms with Crippen LogP contribution in [-0.4, -0.2) is 25.0 Å². The Kier molecular flexibility index (Phi) is 5.95.